The fourth-order valence-corrected chi connectivity index (χ4v) is 1.77. The minimum atomic E-state index is -4.50. The average Bonchev–Trinajstić information content (AvgIpc) is 2.18. The normalized spacial score (nSPS) is 23.8. The van der Waals surface area contributed by atoms with Gasteiger partial charge in [-0.15, -0.1) is 0 Å². The van der Waals surface area contributed by atoms with Gasteiger partial charge in [0.2, 0.25) is 0 Å². The van der Waals surface area contributed by atoms with E-state index in [2.05, 4.69) is 15.9 Å². The third kappa shape index (κ3) is 1.73. The highest BCUT2D eigenvalue weighted by atomic mass is 79.9. The Labute approximate surface area is 99.0 Å². The van der Waals surface area contributed by atoms with Crippen LogP contribution in [0.15, 0.2) is 24.3 Å². The zero-order valence-electron chi connectivity index (χ0n) is 8.31. The molecule has 0 aromatic heterocycles. The number of halogens is 4. The zero-order chi connectivity index (χ0) is 12.0. The SMILES string of the molecule is Cc1cccc2c1OC(Br)(C(F)(F)F)C=C2. The van der Waals surface area contributed by atoms with Crippen molar-refractivity contribution in [1.82, 2.24) is 0 Å². The molecule has 1 nitrogen and oxygen atoms in total. The van der Waals surface area contributed by atoms with Gasteiger partial charge in [0, 0.05) is 5.56 Å². The lowest BCUT2D eigenvalue weighted by Gasteiger charge is -2.32. The monoisotopic (exact) mass is 292 g/mol. The maximum atomic E-state index is 12.7. The van der Waals surface area contributed by atoms with Crippen LogP contribution in [0.25, 0.3) is 6.08 Å². The summed E-state index contributed by atoms with van der Waals surface area (Å²) in [5.74, 6) is 0.263. The zero-order valence-corrected chi connectivity index (χ0v) is 9.89. The first-order chi connectivity index (χ1) is 7.33. The minimum Gasteiger partial charge on any atom is -0.462 e. The maximum Gasteiger partial charge on any atom is 0.442 e. The number of ether oxygens (including phenoxy) is 1. The Balaban J connectivity index is 2.48. The number of hydrogen-bond donors (Lipinski definition) is 0. The first-order valence-electron chi connectivity index (χ1n) is 4.57. The Morgan fingerprint density at radius 2 is 2.00 bits per heavy atom. The molecule has 1 aromatic rings. The van der Waals surface area contributed by atoms with Gasteiger partial charge < -0.3 is 4.74 Å². The molecule has 0 bridgehead atoms. The van der Waals surface area contributed by atoms with Crippen LogP contribution in [0.2, 0.25) is 0 Å². The van der Waals surface area contributed by atoms with Gasteiger partial charge in [0.05, 0.1) is 0 Å². The molecule has 0 amide bonds. The molecule has 0 N–H and O–H groups in total. The lowest BCUT2D eigenvalue weighted by molar-refractivity contribution is -0.191. The van der Waals surface area contributed by atoms with Gasteiger partial charge in [-0.3, -0.25) is 0 Å². The van der Waals surface area contributed by atoms with Crippen LogP contribution >= 0.6 is 15.9 Å². The molecular weight excluding hydrogens is 285 g/mol. The Kier molecular flexibility index (Phi) is 2.53. The van der Waals surface area contributed by atoms with E-state index >= 15 is 0 Å². The standard InChI is InChI=1S/C11H8BrF3O/c1-7-3-2-4-8-5-6-10(12,11(13,14)15)16-9(7)8/h2-6H,1H3. The minimum absolute atomic E-state index is 0.263. The molecule has 16 heavy (non-hydrogen) atoms. The molecule has 1 aromatic carbocycles. The van der Waals surface area contributed by atoms with Crippen molar-refractivity contribution in [2.75, 3.05) is 0 Å². The van der Waals surface area contributed by atoms with Crippen LogP contribution in [0.3, 0.4) is 0 Å². The van der Waals surface area contributed by atoms with Crippen LogP contribution in [0, 0.1) is 6.92 Å². The van der Waals surface area contributed by atoms with Crippen LogP contribution < -0.4 is 4.74 Å². The summed E-state index contributed by atoms with van der Waals surface area (Å²) in [6.07, 6.45) is -2.12. The third-order valence-corrected chi connectivity index (χ3v) is 3.23. The summed E-state index contributed by atoms with van der Waals surface area (Å²) in [6.45, 7) is 1.71. The second-order valence-electron chi connectivity index (χ2n) is 3.57. The van der Waals surface area contributed by atoms with Gasteiger partial charge in [-0.2, -0.15) is 13.2 Å². The molecule has 86 valence electrons. The second kappa shape index (κ2) is 3.52. The summed E-state index contributed by atoms with van der Waals surface area (Å²) in [7, 11) is 0. The number of fused-ring (bicyclic) bond motifs is 1. The number of benzene rings is 1. The van der Waals surface area contributed by atoms with Gasteiger partial charge in [0.25, 0.3) is 4.51 Å². The van der Waals surface area contributed by atoms with E-state index in [9.17, 15) is 13.2 Å². The molecule has 0 aliphatic carbocycles. The Morgan fingerprint density at radius 3 is 2.62 bits per heavy atom. The van der Waals surface area contributed by atoms with Crippen LogP contribution in [-0.2, 0) is 0 Å². The fourth-order valence-electron chi connectivity index (χ4n) is 1.48. The summed E-state index contributed by atoms with van der Waals surface area (Å²) in [4.78, 5) is 0. The van der Waals surface area contributed by atoms with Crippen LogP contribution in [0.5, 0.6) is 5.75 Å². The molecule has 0 radical (unpaired) electrons. The van der Waals surface area contributed by atoms with Crippen molar-refractivity contribution in [3.05, 3.63) is 35.4 Å². The Bertz CT molecular complexity index is 453. The molecule has 1 aliphatic rings. The van der Waals surface area contributed by atoms with E-state index in [1.54, 1.807) is 25.1 Å². The van der Waals surface area contributed by atoms with E-state index in [1.807, 2.05) is 0 Å². The molecule has 1 atom stereocenters. The van der Waals surface area contributed by atoms with Crippen molar-refractivity contribution >= 4 is 22.0 Å². The van der Waals surface area contributed by atoms with Gasteiger partial charge in [-0.25, -0.2) is 0 Å². The predicted molar refractivity (Wildman–Crippen MR) is 58.6 cm³/mol. The average molecular weight is 293 g/mol. The fraction of sp³-hybridized carbons (Fsp3) is 0.273. The lowest BCUT2D eigenvalue weighted by Crippen LogP contribution is -2.44. The topological polar surface area (TPSA) is 9.23 Å². The highest BCUT2D eigenvalue weighted by molar-refractivity contribution is 9.10. The highest BCUT2D eigenvalue weighted by Gasteiger charge is 2.55. The smallest absolute Gasteiger partial charge is 0.442 e. The summed E-state index contributed by atoms with van der Waals surface area (Å²) in [5, 5.41) is 0. The number of hydrogen-bond acceptors (Lipinski definition) is 1. The molecular formula is C11H8BrF3O. The largest absolute Gasteiger partial charge is 0.462 e. The van der Waals surface area contributed by atoms with Crippen molar-refractivity contribution in [2.45, 2.75) is 17.6 Å². The highest BCUT2D eigenvalue weighted by Crippen LogP contribution is 2.45. The van der Waals surface area contributed by atoms with E-state index < -0.39 is 10.7 Å². The second-order valence-corrected chi connectivity index (χ2v) is 4.75. The Hall–Kier alpha value is -0.970. The molecule has 0 spiro atoms. The van der Waals surface area contributed by atoms with E-state index in [-0.39, 0.29) is 5.75 Å². The molecule has 1 heterocycles. The van der Waals surface area contributed by atoms with Crippen molar-refractivity contribution in [2.24, 2.45) is 0 Å². The van der Waals surface area contributed by atoms with Gasteiger partial charge in [-0.1, -0.05) is 24.3 Å². The van der Waals surface area contributed by atoms with Gasteiger partial charge in [-0.05, 0) is 34.5 Å². The first-order valence-corrected chi connectivity index (χ1v) is 5.36. The van der Waals surface area contributed by atoms with Crippen molar-refractivity contribution < 1.29 is 17.9 Å². The maximum absolute atomic E-state index is 12.7. The van der Waals surface area contributed by atoms with Crippen molar-refractivity contribution in [1.29, 1.82) is 0 Å². The summed E-state index contributed by atoms with van der Waals surface area (Å²) >= 11 is 2.59. The number of para-hydroxylation sites is 1. The first kappa shape index (κ1) is 11.5. The molecule has 0 saturated carbocycles. The Morgan fingerprint density at radius 1 is 1.31 bits per heavy atom. The van der Waals surface area contributed by atoms with Crippen molar-refractivity contribution in [3.8, 4) is 5.75 Å². The molecule has 0 fully saturated rings. The number of alkyl halides is 4. The van der Waals surface area contributed by atoms with E-state index in [1.165, 1.54) is 6.08 Å². The predicted octanol–water partition coefficient (Wildman–Crippen LogP) is 4.05. The van der Waals surface area contributed by atoms with Gasteiger partial charge >= 0.3 is 6.18 Å². The molecule has 5 heteroatoms. The number of rotatable bonds is 0. The lowest BCUT2D eigenvalue weighted by atomic mass is 10.1. The van der Waals surface area contributed by atoms with Crippen LogP contribution in [0.4, 0.5) is 13.2 Å². The van der Waals surface area contributed by atoms with Gasteiger partial charge in [0.15, 0.2) is 0 Å². The summed E-state index contributed by atoms with van der Waals surface area (Å²) in [5.41, 5.74) is 1.33. The van der Waals surface area contributed by atoms with Crippen molar-refractivity contribution in [3.63, 3.8) is 0 Å². The molecule has 0 saturated heterocycles. The van der Waals surface area contributed by atoms with E-state index in [4.69, 9.17) is 4.74 Å². The van der Waals surface area contributed by atoms with Gasteiger partial charge in [0.1, 0.15) is 5.75 Å². The van der Waals surface area contributed by atoms with Crippen LogP contribution in [-0.4, -0.2) is 10.7 Å². The molecule has 1 unspecified atom stereocenters. The quantitative estimate of drug-likeness (QED) is 0.656. The van der Waals surface area contributed by atoms with E-state index in [0.717, 1.165) is 6.08 Å². The molecule has 1 aliphatic heterocycles. The number of aryl methyl sites for hydroxylation is 1. The van der Waals surface area contributed by atoms with E-state index in [0.29, 0.717) is 11.1 Å². The van der Waals surface area contributed by atoms with Crippen LogP contribution in [0.1, 0.15) is 11.1 Å². The molecule has 2 rings (SSSR count). The third-order valence-electron chi connectivity index (χ3n) is 2.36. The summed E-state index contributed by atoms with van der Waals surface area (Å²) < 4.78 is 40.8. The summed E-state index contributed by atoms with van der Waals surface area (Å²) in [6, 6.07) is 5.19.